The van der Waals surface area contributed by atoms with E-state index in [9.17, 15) is 9.59 Å². The molecule has 28 heavy (non-hydrogen) atoms. The fourth-order valence-electron chi connectivity index (χ4n) is 4.13. The average molecular weight is 394 g/mol. The van der Waals surface area contributed by atoms with Crippen LogP contribution in [0.3, 0.4) is 0 Å². The molecule has 3 aromatic rings. The van der Waals surface area contributed by atoms with E-state index in [1.807, 2.05) is 23.0 Å². The van der Waals surface area contributed by atoms with Crippen LogP contribution in [-0.4, -0.2) is 34.4 Å². The normalized spacial score (nSPS) is 16.3. The van der Waals surface area contributed by atoms with E-state index in [4.69, 9.17) is 0 Å². The third kappa shape index (κ3) is 2.87. The molecule has 2 aliphatic rings. The van der Waals surface area contributed by atoms with Crippen LogP contribution in [0.15, 0.2) is 54.9 Å². The first kappa shape index (κ1) is 18.6. The van der Waals surface area contributed by atoms with Crippen molar-refractivity contribution in [3.05, 3.63) is 77.1 Å². The minimum absolute atomic E-state index is 0. The number of halogens is 1. The van der Waals surface area contributed by atoms with Crippen LogP contribution in [0.1, 0.15) is 50.7 Å². The number of hydrogen-bond acceptors (Lipinski definition) is 4. The summed E-state index contributed by atoms with van der Waals surface area (Å²) in [6.07, 6.45) is 5.89. The van der Waals surface area contributed by atoms with Gasteiger partial charge in [-0.25, -0.2) is 0 Å². The summed E-state index contributed by atoms with van der Waals surface area (Å²) in [7, 11) is 0. The Morgan fingerprint density at radius 3 is 2.25 bits per heavy atom. The SMILES string of the molecule is Cl.O=C1c2ccccc2C(=O)c2c1cccc2-c1cnn(C2CCNCC2)c1. The highest BCUT2D eigenvalue weighted by Gasteiger charge is 2.31. The minimum atomic E-state index is -0.0922. The van der Waals surface area contributed by atoms with Crippen LogP contribution in [0.5, 0.6) is 0 Å². The number of nitrogens with zero attached hydrogens (tertiary/aromatic N) is 2. The largest absolute Gasteiger partial charge is 0.317 e. The highest BCUT2D eigenvalue weighted by atomic mass is 35.5. The number of rotatable bonds is 2. The highest BCUT2D eigenvalue weighted by Crippen LogP contribution is 2.34. The summed E-state index contributed by atoms with van der Waals surface area (Å²) in [4.78, 5) is 26.1. The molecule has 2 aromatic carbocycles. The van der Waals surface area contributed by atoms with E-state index in [-0.39, 0.29) is 24.0 Å². The van der Waals surface area contributed by atoms with Crippen molar-refractivity contribution in [1.29, 1.82) is 0 Å². The number of carbonyl (C=O) groups is 2. The van der Waals surface area contributed by atoms with Crippen molar-refractivity contribution in [1.82, 2.24) is 15.1 Å². The Labute approximate surface area is 169 Å². The second-order valence-corrected chi connectivity index (χ2v) is 7.12. The third-order valence-electron chi connectivity index (χ3n) is 5.55. The molecule has 1 aromatic heterocycles. The lowest BCUT2D eigenvalue weighted by Gasteiger charge is -2.23. The molecule has 1 aliphatic heterocycles. The van der Waals surface area contributed by atoms with Gasteiger partial charge in [0, 0.05) is 34.0 Å². The topological polar surface area (TPSA) is 64.0 Å². The maximum absolute atomic E-state index is 13.2. The zero-order valence-corrected chi connectivity index (χ0v) is 16.0. The maximum atomic E-state index is 13.2. The van der Waals surface area contributed by atoms with Gasteiger partial charge < -0.3 is 5.32 Å². The maximum Gasteiger partial charge on any atom is 0.195 e. The van der Waals surface area contributed by atoms with Crippen molar-refractivity contribution in [2.24, 2.45) is 0 Å². The molecule has 0 saturated carbocycles. The van der Waals surface area contributed by atoms with Crippen LogP contribution in [0.4, 0.5) is 0 Å². The third-order valence-corrected chi connectivity index (χ3v) is 5.55. The molecule has 0 amide bonds. The van der Waals surface area contributed by atoms with Crippen molar-refractivity contribution in [2.45, 2.75) is 18.9 Å². The first-order valence-electron chi connectivity index (χ1n) is 9.31. The monoisotopic (exact) mass is 393 g/mol. The average Bonchev–Trinajstić information content (AvgIpc) is 3.22. The van der Waals surface area contributed by atoms with Crippen molar-refractivity contribution < 1.29 is 9.59 Å². The number of carbonyl (C=O) groups excluding carboxylic acids is 2. The van der Waals surface area contributed by atoms with Gasteiger partial charge in [0.25, 0.3) is 0 Å². The van der Waals surface area contributed by atoms with Crippen LogP contribution in [-0.2, 0) is 0 Å². The summed E-state index contributed by atoms with van der Waals surface area (Å²) >= 11 is 0. The zero-order chi connectivity index (χ0) is 18.4. The summed E-state index contributed by atoms with van der Waals surface area (Å²) < 4.78 is 2.00. The number of fused-ring (bicyclic) bond motifs is 2. The lowest BCUT2D eigenvalue weighted by atomic mass is 9.81. The molecule has 5 rings (SSSR count). The van der Waals surface area contributed by atoms with Crippen LogP contribution in [0.25, 0.3) is 11.1 Å². The Balaban J connectivity index is 0.00000192. The first-order valence-corrected chi connectivity index (χ1v) is 9.31. The first-order chi connectivity index (χ1) is 13.2. The van der Waals surface area contributed by atoms with E-state index >= 15 is 0 Å². The molecule has 2 heterocycles. The molecular weight excluding hydrogens is 374 g/mol. The number of hydrogen-bond donors (Lipinski definition) is 1. The standard InChI is InChI=1S/C22H19N3O2.ClH/c26-21-17-4-1-2-5-18(17)22(27)20-16(6-3-7-19(20)21)14-12-24-25(13-14)15-8-10-23-11-9-15;/h1-7,12-13,15,23H,8-11H2;1H. The van der Waals surface area contributed by atoms with Gasteiger partial charge in [-0.1, -0.05) is 42.5 Å². The van der Waals surface area contributed by atoms with Gasteiger partial charge in [-0.15, -0.1) is 12.4 Å². The lowest BCUT2D eigenvalue weighted by Crippen LogP contribution is -2.29. The van der Waals surface area contributed by atoms with E-state index < -0.39 is 0 Å². The fourth-order valence-corrected chi connectivity index (χ4v) is 4.13. The second kappa shape index (κ2) is 7.34. The Hall–Kier alpha value is -2.76. The van der Waals surface area contributed by atoms with Gasteiger partial charge in [0.2, 0.25) is 0 Å². The molecule has 0 radical (unpaired) electrons. The zero-order valence-electron chi connectivity index (χ0n) is 15.2. The van der Waals surface area contributed by atoms with E-state index in [1.54, 1.807) is 36.5 Å². The van der Waals surface area contributed by atoms with Crippen LogP contribution in [0, 0.1) is 0 Å². The minimum Gasteiger partial charge on any atom is -0.317 e. The smallest absolute Gasteiger partial charge is 0.195 e. The molecule has 1 aliphatic carbocycles. The molecule has 0 spiro atoms. The summed E-state index contributed by atoms with van der Waals surface area (Å²) in [5.41, 5.74) is 3.59. The Morgan fingerprint density at radius 2 is 1.50 bits per heavy atom. The Morgan fingerprint density at radius 1 is 0.857 bits per heavy atom. The van der Waals surface area contributed by atoms with Gasteiger partial charge in [-0.3, -0.25) is 14.3 Å². The summed E-state index contributed by atoms with van der Waals surface area (Å²) in [6, 6.07) is 12.9. The quantitative estimate of drug-likeness (QED) is 0.564. The molecule has 5 nitrogen and oxygen atoms in total. The highest BCUT2D eigenvalue weighted by molar-refractivity contribution is 6.30. The predicted octanol–water partition coefficient (Wildman–Crippen LogP) is 3.67. The summed E-state index contributed by atoms with van der Waals surface area (Å²) in [6.45, 7) is 1.98. The Bertz CT molecular complexity index is 1070. The van der Waals surface area contributed by atoms with E-state index in [0.29, 0.717) is 28.3 Å². The van der Waals surface area contributed by atoms with Crippen LogP contribution >= 0.6 is 12.4 Å². The van der Waals surface area contributed by atoms with Crippen LogP contribution < -0.4 is 5.32 Å². The van der Waals surface area contributed by atoms with Gasteiger partial charge in [-0.05, 0) is 31.5 Å². The van der Waals surface area contributed by atoms with Gasteiger partial charge in [0.15, 0.2) is 11.6 Å². The van der Waals surface area contributed by atoms with Crippen molar-refractivity contribution in [2.75, 3.05) is 13.1 Å². The van der Waals surface area contributed by atoms with Gasteiger partial charge >= 0.3 is 0 Å². The predicted molar refractivity (Wildman–Crippen MR) is 109 cm³/mol. The van der Waals surface area contributed by atoms with Crippen molar-refractivity contribution in [3.63, 3.8) is 0 Å². The molecule has 0 atom stereocenters. The van der Waals surface area contributed by atoms with E-state index in [0.717, 1.165) is 37.1 Å². The molecule has 0 unspecified atom stereocenters. The van der Waals surface area contributed by atoms with Gasteiger partial charge in [0.05, 0.1) is 12.2 Å². The van der Waals surface area contributed by atoms with E-state index in [1.165, 1.54) is 0 Å². The molecule has 6 heteroatoms. The summed E-state index contributed by atoms with van der Waals surface area (Å²) in [5, 5.41) is 7.91. The van der Waals surface area contributed by atoms with Crippen molar-refractivity contribution >= 4 is 24.0 Å². The van der Waals surface area contributed by atoms with Crippen molar-refractivity contribution in [3.8, 4) is 11.1 Å². The number of aromatic nitrogens is 2. The molecular formula is C22H20ClN3O2. The number of piperidine rings is 1. The van der Waals surface area contributed by atoms with Crippen LogP contribution in [0.2, 0.25) is 0 Å². The number of benzene rings is 2. The molecule has 1 saturated heterocycles. The Kier molecular flexibility index (Phi) is 4.87. The molecule has 1 fully saturated rings. The lowest BCUT2D eigenvalue weighted by molar-refractivity contribution is 0.0979. The van der Waals surface area contributed by atoms with Gasteiger partial charge in [-0.2, -0.15) is 5.10 Å². The number of nitrogens with one attached hydrogen (secondary N) is 1. The molecule has 142 valence electrons. The summed E-state index contributed by atoms with van der Waals surface area (Å²) in [5.74, 6) is -0.182. The molecule has 1 N–H and O–H groups in total. The molecule has 0 bridgehead atoms. The second-order valence-electron chi connectivity index (χ2n) is 7.12. The fraction of sp³-hybridized carbons (Fsp3) is 0.227. The number of ketones is 2. The van der Waals surface area contributed by atoms with E-state index in [2.05, 4.69) is 10.4 Å². The van der Waals surface area contributed by atoms with Gasteiger partial charge in [0.1, 0.15) is 0 Å².